The lowest BCUT2D eigenvalue weighted by molar-refractivity contribution is 0.0813. The highest BCUT2D eigenvalue weighted by molar-refractivity contribution is 7.13. The van der Waals surface area contributed by atoms with Gasteiger partial charge in [-0.1, -0.05) is 41.6 Å². The van der Waals surface area contributed by atoms with Crippen LogP contribution in [0.25, 0.3) is 10.6 Å². The molecule has 3 aromatic rings. The van der Waals surface area contributed by atoms with E-state index in [9.17, 15) is 0 Å². The minimum Gasteiger partial charge on any atom is -0.355 e. The number of aromatic nitrogens is 1. The maximum Gasteiger partial charge on any atom is 0.177 e. The normalized spacial score (nSPS) is 19.6. The van der Waals surface area contributed by atoms with E-state index in [1.807, 2.05) is 6.07 Å². The molecule has 1 aliphatic rings. The highest BCUT2D eigenvalue weighted by Crippen LogP contribution is 2.29. The molecule has 1 saturated heterocycles. The Kier molecular flexibility index (Phi) is 4.47. The van der Waals surface area contributed by atoms with Crippen LogP contribution in [0, 0.1) is 0 Å². The van der Waals surface area contributed by atoms with Crippen LogP contribution in [0.3, 0.4) is 0 Å². The molecular weight excluding hydrogens is 318 g/mol. The minimum atomic E-state index is 0.395. The minimum absolute atomic E-state index is 0.395. The summed E-state index contributed by atoms with van der Waals surface area (Å²) in [4.78, 5) is 6.03. The molecule has 1 unspecified atom stereocenters. The van der Waals surface area contributed by atoms with Crippen molar-refractivity contribution in [2.75, 3.05) is 26.7 Å². The molecule has 0 N–H and O–H groups in total. The van der Waals surface area contributed by atoms with Gasteiger partial charge in [0, 0.05) is 38.3 Å². The Hall–Kier alpha value is -1.95. The van der Waals surface area contributed by atoms with E-state index < -0.39 is 0 Å². The standard InChI is InChI=1S/C19H21N3OS/c1-21-9-10-22(17(14-21)15-6-3-2-4-7-15)13-16-12-18(23-20-16)19-8-5-11-24-19/h2-8,11-12,17H,9-10,13-14H2,1H3. The summed E-state index contributed by atoms with van der Waals surface area (Å²) in [6.45, 7) is 3.98. The third-order valence-corrected chi connectivity index (χ3v) is 5.45. The average Bonchev–Trinajstić information content (AvgIpc) is 3.28. The first kappa shape index (κ1) is 15.6. The SMILES string of the molecule is CN1CCN(Cc2cc(-c3cccs3)on2)C(c2ccccc2)C1. The van der Waals surface area contributed by atoms with Crippen molar-refractivity contribution in [2.45, 2.75) is 12.6 Å². The number of likely N-dealkylation sites (N-methyl/N-ethyl adjacent to an activating group) is 1. The third-order valence-electron chi connectivity index (χ3n) is 4.57. The molecule has 4 nitrogen and oxygen atoms in total. The van der Waals surface area contributed by atoms with Gasteiger partial charge < -0.3 is 9.42 Å². The fraction of sp³-hybridized carbons (Fsp3) is 0.316. The quantitative estimate of drug-likeness (QED) is 0.722. The smallest absolute Gasteiger partial charge is 0.177 e. The number of nitrogens with zero attached hydrogens (tertiary/aromatic N) is 3. The average molecular weight is 339 g/mol. The molecule has 1 fully saturated rings. The van der Waals surface area contributed by atoms with E-state index in [1.165, 1.54) is 5.56 Å². The van der Waals surface area contributed by atoms with Crippen molar-refractivity contribution >= 4 is 11.3 Å². The third kappa shape index (κ3) is 3.29. The summed E-state index contributed by atoms with van der Waals surface area (Å²) >= 11 is 1.68. The molecule has 5 heteroatoms. The molecule has 124 valence electrons. The lowest BCUT2D eigenvalue weighted by atomic mass is 10.0. The van der Waals surface area contributed by atoms with E-state index in [2.05, 4.69) is 69.8 Å². The molecule has 0 amide bonds. The van der Waals surface area contributed by atoms with E-state index in [4.69, 9.17) is 4.52 Å². The molecule has 0 saturated carbocycles. The second-order valence-corrected chi connectivity index (χ2v) is 7.27. The number of hydrogen-bond acceptors (Lipinski definition) is 5. The zero-order valence-corrected chi connectivity index (χ0v) is 14.6. The Balaban J connectivity index is 1.53. The summed E-state index contributed by atoms with van der Waals surface area (Å²) in [5.41, 5.74) is 2.37. The summed E-state index contributed by atoms with van der Waals surface area (Å²) in [5.74, 6) is 0.866. The van der Waals surface area contributed by atoms with Crippen LogP contribution in [0.2, 0.25) is 0 Å². The van der Waals surface area contributed by atoms with Crippen molar-refractivity contribution in [3.05, 3.63) is 65.2 Å². The van der Waals surface area contributed by atoms with Crippen LogP contribution >= 0.6 is 11.3 Å². The van der Waals surface area contributed by atoms with Gasteiger partial charge in [-0.2, -0.15) is 0 Å². The molecule has 0 bridgehead atoms. The van der Waals surface area contributed by atoms with Gasteiger partial charge in [-0.15, -0.1) is 11.3 Å². The number of benzene rings is 1. The van der Waals surface area contributed by atoms with E-state index in [0.29, 0.717) is 6.04 Å². The first-order valence-electron chi connectivity index (χ1n) is 8.26. The molecule has 1 atom stereocenters. The van der Waals surface area contributed by atoms with Gasteiger partial charge in [-0.05, 0) is 24.1 Å². The summed E-state index contributed by atoms with van der Waals surface area (Å²) in [6, 6.07) is 17.3. The number of hydrogen-bond donors (Lipinski definition) is 0. The summed E-state index contributed by atoms with van der Waals surface area (Å²) in [7, 11) is 2.19. The second kappa shape index (κ2) is 6.89. The maximum absolute atomic E-state index is 5.54. The van der Waals surface area contributed by atoms with Crippen LogP contribution in [0.4, 0.5) is 0 Å². The summed E-state index contributed by atoms with van der Waals surface area (Å²) in [6.07, 6.45) is 0. The molecule has 4 rings (SSSR count). The van der Waals surface area contributed by atoms with Gasteiger partial charge in [0.05, 0.1) is 10.6 Å². The Morgan fingerprint density at radius 3 is 2.83 bits per heavy atom. The molecule has 0 radical (unpaired) electrons. The zero-order valence-electron chi connectivity index (χ0n) is 13.8. The van der Waals surface area contributed by atoms with Crippen LogP contribution < -0.4 is 0 Å². The molecule has 1 aromatic carbocycles. The van der Waals surface area contributed by atoms with Crippen LogP contribution in [-0.4, -0.2) is 41.6 Å². The predicted molar refractivity (Wildman–Crippen MR) is 96.9 cm³/mol. The number of piperazine rings is 1. The lowest BCUT2D eigenvalue weighted by Crippen LogP contribution is -2.46. The summed E-state index contributed by atoms with van der Waals surface area (Å²) in [5, 5.41) is 6.35. The maximum atomic E-state index is 5.54. The number of thiophene rings is 1. The highest BCUT2D eigenvalue weighted by Gasteiger charge is 2.27. The fourth-order valence-electron chi connectivity index (χ4n) is 3.27. The predicted octanol–water partition coefficient (Wildman–Crippen LogP) is 3.89. The van der Waals surface area contributed by atoms with Crippen molar-refractivity contribution in [1.82, 2.24) is 15.0 Å². The molecule has 1 aliphatic heterocycles. The highest BCUT2D eigenvalue weighted by atomic mass is 32.1. The Morgan fingerprint density at radius 2 is 2.04 bits per heavy atom. The van der Waals surface area contributed by atoms with Crippen LogP contribution in [0.5, 0.6) is 0 Å². The molecule has 24 heavy (non-hydrogen) atoms. The van der Waals surface area contributed by atoms with Crippen molar-refractivity contribution in [3.8, 4) is 10.6 Å². The van der Waals surface area contributed by atoms with Gasteiger partial charge in [-0.25, -0.2) is 0 Å². The van der Waals surface area contributed by atoms with Crippen LogP contribution in [0.15, 0.2) is 58.4 Å². The van der Waals surface area contributed by atoms with Crippen LogP contribution in [0.1, 0.15) is 17.3 Å². The molecule has 0 aliphatic carbocycles. The lowest BCUT2D eigenvalue weighted by Gasteiger charge is -2.40. The van der Waals surface area contributed by atoms with Gasteiger partial charge in [0.1, 0.15) is 0 Å². The fourth-order valence-corrected chi connectivity index (χ4v) is 3.94. The van der Waals surface area contributed by atoms with Gasteiger partial charge >= 0.3 is 0 Å². The van der Waals surface area contributed by atoms with Gasteiger partial charge in [0.25, 0.3) is 0 Å². The van der Waals surface area contributed by atoms with Crippen molar-refractivity contribution in [3.63, 3.8) is 0 Å². The number of rotatable bonds is 4. The Bertz CT molecular complexity index is 769. The first-order chi connectivity index (χ1) is 11.8. The largest absolute Gasteiger partial charge is 0.355 e. The molecular formula is C19H21N3OS. The van der Waals surface area contributed by atoms with Crippen LogP contribution in [-0.2, 0) is 6.54 Å². The molecule has 2 aromatic heterocycles. The first-order valence-corrected chi connectivity index (χ1v) is 9.14. The molecule has 3 heterocycles. The Labute approximate surface area is 146 Å². The van der Waals surface area contributed by atoms with E-state index >= 15 is 0 Å². The van der Waals surface area contributed by atoms with E-state index in [0.717, 1.165) is 42.5 Å². The van der Waals surface area contributed by atoms with Gasteiger partial charge in [0.2, 0.25) is 0 Å². The van der Waals surface area contributed by atoms with Gasteiger partial charge in [-0.3, -0.25) is 4.90 Å². The zero-order chi connectivity index (χ0) is 16.4. The van der Waals surface area contributed by atoms with Crippen molar-refractivity contribution < 1.29 is 4.52 Å². The topological polar surface area (TPSA) is 32.5 Å². The van der Waals surface area contributed by atoms with E-state index in [1.54, 1.807) is 11.3 Å². The van der Waals surface area contributed by atoms with Gasteiger partial charge in [0.15, 0.2) is 5.76 Å². The second-order valence-electron chi connectivity index (χ2n) is 6.32. The molecule has 0 spiro atoms. The monoisotopic (exact) mass is 339 g/mol. The summed E-state index contributed by atoms with van der Waals surface area (Å²) < 4.78 is 5.54. The van der Waals surface area contributed by atoms with Crippen molar-refractivity contribution in [2.24, 2.45) is 0 Å². The van der Waals surface area contributed by atoms with Crippen molar-refractivity contribution in [1.29, 1.82) is 0 Å². The van der Waals surface area contributed by atoms with E-state index in [-0.39, 0.29) is 0 Å². The Morgan fingerprint density at radius 1 is 1.17 bits per heavy atom.